The molecular weight excluding hydrogens is 334 g/mol. The fourth-order valence-electron chi connectivity index (χ4n) is 2.97. The van der Waals surface area contributed by atoms with Crippen LogP contribution in [0, 0.1) is 6.92 Å². The van der Waals surface area contributed by atoms with Crippen LogP contribution in [0.3, 0.4) is 0 Å². The number of likely N-dealkylation sites (N-methyl/N-ethyl adjacent to an activating group) is 1. The fraction of sp³-hybridized carbons (Fsp3) is 0.174. The van der Waals surface area contributed by atoms with Crippen molar-refractivity contribution in [3.63, 3.8) is 0 Å². The van der Waals surface area contributed by atoms with Crippen molar-refractivity contribution in [2.24, 2.45) is 0 Å². The summed E-state index contributed by atoms with van der Waals surface area (Å²) < 4.78 is 0.487. The van der Waals surface area contributed by atoms with E-state index in [1.165, 1.54) is 5.56 Å². The second-order valence-electron chi connectivity index (χ2n) is 7.26. The molecule has 138 valence electrons. The minimum atomic E-state index is -0.0251. The average Bonchev–Trinajstić information content (AvgIpc) is 2.64. The van der Waals surface area contributed by atoms with Crippen molar-refractivity contribution in [2.45, 2.75) is 6.92 Å². The van der Waals surface area contributed by atoms with Gasteiger partial charge in [-0.15, -0.1) is 0 Å². The van der Waals surface area contributed by atoms with Gasteiger partial charge in [0.05, 0.1) is 25.5 Å². The highest BCUT2D eigenvalue weighted by Crippen LogP contribution is 2.26. The molecule has 27 heavy (non-hydrogen) atoms. The Hall–Kier alpha value is -3.11. The maximum absolute atomic E-state index is 12.7. The maximum atomic E-state index is 12.7. The molecule has 0 unspecified atom stereocenters. The van der Waals surface area contributed by atoms with E-state index in [2.05, 4.69) is 41.8 Å². The Labute approximate surface area is 161 Å². The van der Waals surface area contributed by atoms with Gasteiger partial charge in [-0.05, 0) is 43.3 Å². The van der Waals surface area contributed by atoms with Crippen LogP contribution < -0.4 is 15.1 Å². The monoisotopic (exact) mass is 360 g/mol. The van der Waals surface area contributed by atoms with Crippen molar-refractivity contribution in [3.05, 3.63) is 84.4 Å². The molecule has 0 aromatic heterocycles. The van der Waals surface area contributed by atoms with E-state index in [9.17, 15) is 4.79 Å². The molecule has 0 spiro atoms. The molecule has 0 aliphatic heterocycles. The summed E-state index contributed by atoms with van der Waals surface area (Å²) in [6.07, 6.45) is 0. The van der Waals surface area contributed by atoms with Crippen LogP contribution in [0.2, 0.25) is 0 Å². The summed E-state index contributed by atoms with van der Waals surface area (Å²) in [5.41, 5.74) is 4.94. The molecule has 0 atom stereocenters. The normalized spacial score (nSPS) is 11.1. The molecular formula is C23H26N3O+. The fourth-order valence-corrected chi connectivity index (χ4v) is 2.97. The summed E-state index contributed by atoms with van der Waals surface area (Å²) in [6, 6.07) is 26.0. The van der Waals surface area contributed by atoms with Crippen molar-refractivity contribution in [2.75, 3.05) is 31.3 Å². The van der Waals surface area contributed by atoms with E-state index in [0.717, 1.165) is 22.7 Å². The number of nitrogens with zero attached hydrogens (tertiary/aromatic N) is 1. The third kappa shape index (κ3) is 4.96. The predicted octanol–water partition coefficient (Wildman–Crippen LogP) is 4.94. The van der Waals surface area contributed by atoms with Gasteiger partial charge in [0, 0.05) is 5.69 Å². The lowest BCUT2D eigenvalue weighted by atomic mass is 10.2. The van der Waals surface area contributed by atoms with E-state index in [-0.39, 0.29) is 5.91 Å². The topological polar surface area (TPSA) is 41.1 Å². The number of rotatable bonds is 6. The molecule has 3 aromatic carbocycles. The van der Waals surface area contributed by atoms with Gasteiger partial charge in [0.1, 0.15) is 5.69 Å². The van der Waals surface area contributed by atoms with Gasteiger partial charge >= 0.3 is 0 Å². The molecule has 0 heterocycles. The summed E-state index contributed by atoms with van der Waals surface area (Å²) in [7, 11) is 4.08. The third-order valence-electron chi connectivity index (χ3n) is 4.53. The molecule has 0 radical (unpaired) electrons. The van der Waals surface area contributed by atoms with Gasteiger partial charge in [-0.3, -0.25) is 9.28 Å². The van der Waals surface area contributed by atoms with Gasteiger partial charge in [-0.25, -0.2) is 0 Å². The second-order valence-corrected chi connectivity index (χ2v) is 7.26. The minimum Gasteiger partial charge on any atom is -0.354 e. The zero-order chi connectivity index (χ0) is 19.3. The largest absolute Gasteiger partial charge is 0.354 e. The second kappa shape index (κ2) is 8.06. The molecule has 0 fully saturated rings. The number of aryl methyl sites for hydroxylation is 1. The maximum Gasteiger partial charge on any atom is 0.280 e. The molecule has 0 saturated heterocycles. The van der Waals surface area contributed by atoms with Gasteiger partial charge in [0.25, 0.3) is 5.91 Å². The van der Waals surface area contributed by atoms with Crippen LogP contribution in [0.5, 0.6) is 0 Å². The highest BCUT2D eigenvalue weighted by Gasteiger charge is 2.23. The first-order chi connectivity index (χ1) is 12.9. The van der Waals surface area contributed by atoms with E-state index < -0.39 is 0 Å². The number of carbonyl (C=O) groups excluding carboxylic acids is 1. The van der Waals surface area contributed by atoms with Crippen LogP contribution in [-0.4, -0.2) is 26.5 Å². The van der Waals surface area contributed by atoms with Gasteiger partial charge in [-0.2, -0.15) is 0 Å². The van der Waals surface area contributed by atoms with Crippen LogP contribution in [0.4, 0.5) is 22.7 Å². The molecule has 0 saturated carbocycles. The summed E-state index contributed by atoms with van der Waals surface area (Å²) in [4.78, 5) is 12.7. The number of quaternary nitrogens is 1. The van der Waals surface area contributed by atoms with Crippen molar-refractivity contribution in [1.82, 2.24) is 4.48 Å². The van der Waals surface area contributed by atoms with Crippen molar-refractivity contribution >= 4 is 28.7 Å². The first-order valence-electron chi connectivity index (χ1n) is 9.05. The zero-order valence-corrected chi connectivity index (χ0v) is 16.1. The van der Waals surface area contributed by atoms with Gasteiger partial charge in [0.2, 0.25) is 0 Å². The predicted molar refractivity (Wildman–Crippen MR) is 114 cm³/mol. The highest BCUT2D eigenvalue weighted by atomic mass is 16.2. The number of anilines is 3. The number of benzene rings is 3. The molecule has 3 rings (SSSR count). The third-order valence-corrected chi connectivity index (χ3v) is 4.53. The molecule has 3 aromatic rings. The lowest BCUT2D eigenvalue weighted by Crippen LogP contribution is -2.46. The molecule has 1 amide bonds. The van der Waals surface area contributed by atoms with Crippen molar-refractivity contribution < 1.29 is 4.79 Å². The van der Waals surface area contributed by atoms with Gasteiger partial charge in [-0.1, -0.05) is 48.0 Å². The van der Waals surface area contributed by atoms with Crippen LogP contribution in [0.25, 0.3) is 0 Å². The lowest BCUT2D eigenvalue weighted by molar-refractivity contribution is -0.116. The Bertz CT molecular complexity index is 902. The van der Waals surface area contributed by atoms with Crippen molar-refractivity contribution in [1.29, 1.82) is 0 Å². The molecule has 0 bridgehead atoms. The van der Waals surface area contributed by atoms with E-state index in [0.29, 0.717) is 11.0 Å². The number of carbonyl (C=O) groups is 1. The van der Waals surface area contributed by atoms with E-state index >= 15 is 0 Å². The first kappa shape index (κ1) is 18.7. The highest BCUT2D eigenvalue weighted by molar-refractivity contribution is 5.96. The molecule has 4 heteroatoms. The first-order valence-corrected chi connectivity index (χ1v) is 9.05. The number of hydrogen-bond donors (Lipinski definition) is 2. The number of nitrogens with one attached hydrogen (secondary N) is 2. The Morgan fingerprint density at radius 2 is 1.41 bits per heavy atom. The van der Waals surface area contributed by atoms with Crippen molar-refractivity contribution in [3.8, 4) is 0 Å². The number of hydrogen-bond acceptors (Lipinski definition) is 2. The van der Waals surface area contributed by atoms with E-state index in [1.54, 1.807) is 0 Å². The Morgan fingerprint density at radius 3 is 2.07 bits per heavy atom. The summed E-state index contributed by atoms with van der Waals surface area (Å²) in [6.45, 7) is 2.41. The summed E-state index contributed by atoms with van der Waals surface area (Å²) in [5, 5.41) is 6.41. The standard InChI is InChI=1S/C23H25N3O/c1-18-13-15-20(16-14-18)26(2,3)17-23(27)25-22-12-8-7-11-21(22)24-19-9-5-4-6-10-19/h4-16,24H,17H2,1-3H3/p+1. The van der Waals surface area contributed by atoms with E-state index in [4.69, 9.17) is 0 Å². The number of amides is 1. The van der Waals surface area contributed by atoms with Crippen LogP contribution >= 0.6 is 0 Å². The van der Waals surface area contributed by atoms with Crippen LogP contribution in [0.1, 0.15) is 5.56 Å². The Morgan fingerprint density at radius 1 is 0.815 bits per heavy atom. The van der Waals surface area contributed by atoms with Crippen LogP contribution in [0.15, 0.2) is 78.9 Å². The molecule has 4 nitrogen and oxygen atoms in total. The van der Waals surface area contributed by atoms with Gasteiger partial charge in [0.15, 0.2) is 6.54 Å². The van der Waals surface area contributed by atoms with E-state index in [1.807, 2.05) is 68.7 Å². The molecule has 0 aliphatic rings. The summed E-state index contributed by atoms with van der Waals surface area (Å²) in [5.74, 6) is -0.0251. The minimum absolute atomic E-state index is 0.0251. The van der Waals surface area contributed by atoms with Gasteiger partial charge < -0.3 is 10.6 Å². The Kier molecular flexibility index (Phi) is 5.57. The smallest absolute Gasteiger partial charge is 0.280 e. The Balaban J connectivity index is 1.71. The zero-order valence-electron chi connectivity index (χ0n) is 16.1. The quantitative estimate of drug-likeness (QED) is 0.611. The lowest BCUT2D eigenvalue weighted by Gasteiger charge is -2.28. The number of para-hydroxylation sites is 3. The van der Waals surface area contributed by atoms with Crippen LogP contribution in [-0.2, 0) is 4.79 Å². The molecule has 2 N–H and O–H groups in total. The average molecular weight is 360 g/mol. The SMILES string of the molecule is Cc1ccc([N+](C)(C)CC(=O)Nc2ccccc2Nc2ccccc2)cc1. The summed E-state index contributed by atoms with van der Waals surface area (Å²) >= 11 is 0. The molecule has 0 aliphatic carbocycles.